The van der Waals surface area contributed by atoms with Gasteiger partial charge in [-0.15, -0.1) is 0 Å². The van der Waals surface area contributed by atoms with Crippen molar-refractivity contribution in [2.45, 2.75) is 144 Å². The second kappa shape index (κ2) is 32.8. The van der Waals surface area contributed by atoms with Gasteiger partial charge in [0.1, 0.15) is 0 Å². The zero-order chi connectivity index (χ0) is 33.5. The zero-order valence-electron chi connectivity index (χ0n) is 31.2. The Balaban J connectivity index is -0.000000821. The fraction of sp³-hybridized carbons (Fsp3) is 0.784. The van der Waals surface area contributed by atoms with Gasteiger partial charge >= 0.3 is 24.9 Å². The van der Waals surface area contributed by atoms with Crippen molar-refractivity contribution in [1.82, 2.24) is 9.65 Å². The molecule has 2 aliphatic carbocycles. The number of nitrogens with one attached hydrogen (secondary N) is 1. The van der Waals surface area contributed by atoms with Crippen LogP contribution in [0.5, 0.6) is 0 Å². The Bertz CT molecular complexity index is 1020. The Kier molecular flexibility index (Phi) is 35.2. The molecular formula is C37H70FeN4O6P2. The summed E-state index contributed by atoms with van der Waals surface area (Å²) < 4.78 is 43.0. The molecule has 1 aromatic rings. The minimum absolute atomic E-state index is 0. The number of nitrogens with zero attached hydrogens (tertiary/aromatic N) is 3. The molecule has 0 aliphatic heterocycles. The van der Waals surface area contributed by atoms with E-state index in [-0.39, 0.29) is 59.0 Å². The second-order valence-corrected chi connectivity index (χ2v) is 15.9. The molecule has 2 saturated carbocycles. The van der Waals surface area contributed by atoms with E-state index in [1.54, 1.807) is 0 Å². The fourth-order valence-corrected chi connectivity index (χ4v) is 8.91. The molecule has 2 atom stereocenters. The van der Waals surface area contributed by atoms with Crippen LogP contribution in [0.25, 0.3) is 0 Å². The van der Waals surface area contributed by atoms with Crippen molar-refractivity contribution < 1.29 is 44.3 Å². The van der Waals surface area contributed by atoms with Crippen LogP contribution in [-0.2, 0) is 50.7 Å². The van der Waals surface area contributed by atoms with Crippen molar-refractivity contribution in [3.8, 4) is 12.1 Å². The van der Waals surface area contributed by atoms with E-state index in [9.17, 15) is 4.57 Å². The second-order valence-electron chi connectivity index (χ2n) is 12.8. The van der Waals surface area contributed by atoms with E-state index in [1.807, 2.05) is 24.5 Å². The molecule has 2 aliphatic rings. The number of hydrogen-bond donors (Lipinski definition) is 1. The Morgan fingerprint density at radius 3 is 1.80 bits per heavy atom. The largest absolute Gasteiger partial charge is 2.00 e. The van der Waals surface area contributed by atoms with E-state index < -0.39 is 16.3 Å². The average Bonchev–Trinajstić information content (AvgIpc) is 3.83. The Morgan fingerprint density at radius 2 is 1.30 bits per heavy atom. The maximum Gasteiger partial charge on any atom is 2.00 e. The van der Waals surface area contributed by atoms with E-state index in [2.05, 4.69) is 43.4 Å². The van der Waals surface area contributed by atoms with Gasteiger partial charge in [-0.2, -0.15) is 10.5 Å². The summed E-state index contributed by atoms with van der Waals surface area (Å²) in [6.45, 7) is 10.6. The molecule has 0 amide bonds. The number of H-pyrrole nitrogens is 1. The number of phosphoric acid groups is 1. The number of rotatable bonds is 23. The summed E-state index contributed by atoms with van der Waals surface area (Å²) >= 11 is 0. The van der Waals surface area contributed by atoms with Gasteiger partial charge < -0.3 is 28.9 Å². The number of nitriles is 2. The molecule has 2 unspecified atom stereocenters. The van der Waals surface area contributed by atoms with Gasteiger partial charge in [-0.25, -0.2) is 9.24 Å². The standard InChI is InChI=1S/C17H27N2O4P.C17H33N2O2P.CH4.2CH3.Fe/c18-10-4-13-22-24(20,23-14-9-17-8-11-19-15-17)21-12-3-7-16-5-1-2-6-16;1-15(2)19(16(3)4)22(21-14-8-12-18)20-13-7-11-17-9-5-6-10-17;;;;/h8,11,15-16,19H,1-7,9,12-14H2;15-17H,5-11,13-14H2,1-4H3;1H4;2*1H3;/q;;;2*-1;+2. The van der Waals surface area contributed by atoms with E-state index >= 15 is 0 Å². The number of hydrogen-bond acceptors (Lipinski definition) is 9. The molecule has 3 rings (SSSR count). The molecule has 0 spiro atoms. The molecule has 50 heavy (non-hydrogen) atoms. The van der Waals surface area contributed by atoms with Crippen molar-refractivity contribution >= 4 is 16.3 Å². The molecule has 0 bridgehead atoms. The normalized spacial score (nSPS) is 16.2. The smallest absolute Gasteiger partial charge is 0.367 e. The van der Waals surface area contributed by atoms with Crippen LogP contribution in [0.2, 0.25) is 0 Å². The molecule has 1 aromatic heterocycles. The molecule has 2 fully saturated rings. The Labute approximate surface area is 319 Å². The Hall–Kier alpha value is -0.801. The summed E-state index contributed by atoms with van der Waals surface area (Å²) in [5.41, 5.74) is 1.07. The predicted molar refractivity (Wildman–Crippen MR) is 203 cm³/mol. The Morgan fingerprint density at radius 1 is 0.820 bits per heavy atom. The third kappa shape index (κ3) is 23.7. The number of aromatic amines is 1. The van der Waals surface area contributed by atoms with Crippen LogP contribution in [0.3, 0.4) is 0 Å². The van der Waals surface area contributed by atoms with E-state index in [0.717, 1.165) is 43.3 Å². The SMILES string of the molecule is C.CC(C)N(C(C)C)P(OCCC#N)OCCCC1CCCC1.N#CCCOP(=O)(OCCCC1CCCC1)OCCc1cc[nH]c1.[CH3-].[CH3-].[Fe+2]. The fourth-order valence-electron chi connectivity index (χ4n) is 6.08. The number of aromatic nitrogens is 1. The minimum Gasteiger partial charge on any atom is -0.367 e. The summed E-state index contributed by atoms with van der Waals surface area (Å²) in [5.74, 6) is 1.70. The molecule has 0 saturated heterocycles. The van der Waals surface area contributed by atoms with Crippen LogP contribution in [0.15, 0.2) is 18.5 Å². The van der Waals surface area contributed by atoms with Crippen LogP contribution in [0, 0.1) is 49.4 Å². The molecular weight excluding hydrogens is 714 g/mol. The van der Waals surface area contributed by atoms with Crippen molar-refractivity contribution in [2.75, 3.05) is 33.0 Å². The van der Waals surface area contributed by atoms with E-state index in [1.165, 1.54) is 57.8 Å². The summed E-state index contributed by atoms with van der Waals surface area (Å²) in [6, 6.07) is 6.79. The van der Waals surface area contributed by atoms with Crippen LogP contribution < -0.4 is 0 Å². The van der Waals surface area contributed by atoms with E-state index in [4.69, 9.17) is 33.1 Å². The quantitative estimate of drug-likeness (QED) is 0.0499. The summed E-state index contributed by atoms with van der Waals surface area (Å²) in [6.07, 6.45) is 20.1. The summed E-state index contributed by atoms with van der Waals surface area (Å²) in [5, 5.41) is 17.3. The van der Waals surface area contributed by atoms with Gasteiger partial charge in [0, 0.05) is 24.5 Å². The predicted octanol–water partition coefficient (Wildman–Crippen LogP) is 11.4. The first-order valence-electron chi connectivity index (χ1n) is 17.5. The van der Waals surface area contributed by atoms with Gasteiger partial charge in [0.15, 0.2) is 0 Å². The van der Waals surface area contributed by atoms with Crippen LogP contribution in [-0.4, -0.2) is 54.8 Å². The van der Waals surface area contributed by atoms with Gasteiger partial charge in [-0.3, -0.25) is 13.6 Å². The first-order valence-corrected chi connectivity index (χ1v) is 20.1. The van der Waals surface area contributed by atoms with Gasteiger partial charge in [-0.1, -0.05) is 58.8 Å². The molecule has 0 radical (unpaired) electrons. The van der Waals surface area contributed by atoms with Crippen LogP contribution in [0.4, 0.5) is 0 Å². The maximum absolute atomic E-state index is 12.6. The molecule has 292 valence electrons. The number of phosphoric ester groups is 1. The molecule has 1 N–H and O–H groups in total. The van der Waals surface area contributed by atoms with Crippen LogP contribution >= 0.6 is 16.3 Å². The van der Waals surface area contributed by atoms with Gasteiger partial charge in [0.25, 0.3) is 8.53 Å². The van der Waals surface area contributed by atoms with Crippen molar-refractivity contribution in [3.05, 3.63) is 38.9 Å². The molecule has 1 heterocycles. The third-order valence-electron chi connectivity index (χ3n) is 8.34. The minimum atomic E-state index is -3.59. The van der Waals surface area contributed by atoms with Crippen molar-refractivity contribution in [3.63, 3.8) is 0 Å². The van der Waals surface area contributed by atoms with Crippen molar-refractivity contribution in [2.24, 2.45) is 11.8 Å². The first-order chi connectivity index (χ1) is 22.3. The van der Waals surface area contributed by atoms with Gasteiger partial charge in [-0.05, 0) is 83.3 Å². The average molecular weight is 785 g/mol. The topological polar surface area (TPSA) is 130 Å². The summed E-state index contributed by atoms with van der Waals surface area (Å²) in [7, 11) is -4.65. The van der Waals surface area contributed by atoms with Crippen molar-refractivity contribution in [1.29, 1.82) is 10.5 Å². The van der Waals surface area contributed by atoms with Gasteiger partial charge in [0.2, 0.25) is 0 Å². The first kappa shape index (κ1) is 53.6. The molecule has 0 aromatic carbocycles. The molecule has 10 nitrogen and oxygen atoms in total. The summed E-state index contributed by atoms with van der Waals surface area (Å²) in [4.78, 5) is 2.96. The van der Waals surface area contributed by atoms with E-state index in [0.29, 0.717) is 38.1 Å². The monoisotopic (exact) mass is 784 g/mol. The maximum atomic E-state index is 12.6. The molecule has 13 heteroatoms. The van der Waals surface area contributed by atoms with Crippen LogP contribution in [0.1, 0.15) is 131 Å². The third-order valence-corrected chi connectivity index (χ3v) is 11.9. The van der Waals surface area contributed by atoms with Gasteiger partial charge in [0.05, 0.1) is 58.0 Å². The zero-order valence-corrected chi connectivity index (χ0v) is 34.1.